The van der Waals surface area contributed by atoms with Gasteiger partial charge in [-0.2, -0.15) is 0 Å². The zero-order chi connectivity index (χ0) is 26.1. The van der Waals surface area contributed by atoms with Crippen LogP contribution in [0.4, 0.5) is 11.4 Å². The second-order valence-corrected chi connectivity index (χ2v) is 10.5. The molecule has 1 heterocycles. The third kappa shape index (κ3) is 4.82. The van der Waals surface area contributed by atoms with Crippen LogP contribution >= 0.6 is 0 Å². The largest absolute Gasteiger partial charge is 0.339 e. The van der Waals surface area contributed by atoms with Crippen molar-refractivity contribution in [3.05, 3.63) is 71.3 Å². The summed E-state index contributed by atoms with van der Waals surface area (Å²) in [4.78, 5) is 55.6. The van der Waals surface area contributed by atoms with Crippen molar-refractivity contribution in [3.8, 4) is 0 Å². The first-order chi connectivity index (χ1) is 17.8. The molecule has 7 heteroatoms. The number of carbonyl (C=O) groups excluding carboxylic acids is 4. The molecule has 0 spiro atoms. The second kappa shape index (κ2) is 10.3. The van der Waals surface area contributed by atoms with Gasteiger partial charge < -0.3 is 10.2 Å². The molecule has 37 heavy (non-hydrogen) atoms. The number of fused-ring (bicyclic) bond motifs is 1. The van der Waals surface area contributed by atoms with Crippen molar-refractivity contribution >= 4 is 35.0 Å². The molecule has 4 amide bonds. The van der Waals surface area contributed by atoms with Crippen molar-refractivity contribution in [2.24, 2.45) is 11.8 Å². The van der Waals surface area contributed by atoms with Gasteiger partial charge in [-0.15, -0.1) is 0 Å². The van der Waals surface area contributed by atoms with E-state index in [4.69, 9.17) is 0 Å². The number of nitrogens with one attached hydrogen (secondary N) is 1. The summed E-state index contributed by atoms with van der Waals surface area (Å²) in [5.74, 6) is -1.67. The molecule has 0 aromatic heterocycles. The maximum Gasteiger partial charge on any atom is 0.257 e. The van der Waals surface area contributed by atoms with Gasteiger partial charge in [-0.25, -0.2) is 4.90 Å². The Bertz CT molecular complexity index is 1260. The predicted octanol–water partition coefficient (Wildman–Crippen LogP) is 5.19. The zero-order valence-electron chi connectivity index (χ0n) is 21.4. The lowest BCUT2D eigenvalue weighted by molar-refractivity contribution is -0.122. The van der Waals surface area contributed by atoms with E-state index < -0.39 is 5.91 Å². The highest BCUT2D eigenvalue weighted by atomic mass is 16.2. The van der Waals surface area contributed by atoms with Crippen LogP contribution in [-0.2, 0) is 9.59 Å². The van der Waals surface area contributed by atoms with E-state index in [1.165, 1.54) is 11.3 Å². The van der Waals surface area contributed by atoms with Gasteiger partial charge in [0.1, 0.15) is 0 Å². The summed E-state index contributed by atoms with van der Waals surface area (Å²) in [7, 11) is 1.86. The summed E-state index contributed by atoms with van der Waals surface area (Å²) in [6.45, 7) is 1.98. The van der Waals surface area contributed by atoms with E-state index in [0.717, 1.165) is 31.3 Å². The molecule has 0 radical (unpaired) electrons. The molecule has 2 aromatic carbocycles. The lowest BCUT2D eigenvalue weighted by atomic mass is 9.82. The first-order valence-corrected chi connectivity index (χ1v) is 13.2. The number of imide groups is 1. The number of hydrogen-bond acceptors (Lipinski definition) is 4. The van der Waals surface area contributed by atoms with E-state index in [9.17, 15) is 19.2 Å². The van der Waals surface area contributed by atoms with Crippen LogP contribution in [0, 0.1) is 11.8 Å². The molecule has 5 rings (SSSR count). The van der Waals surface area contributed by atoms with Crippen LogP contribution in [0.3, 0.4) is 0 Å². The number of carbonyl (C=O) groups is 4. The zero-order valence-corrected chi connectivity index (χ0v) is 21.4. The molecule has 2 aromatic rings. The fraction of sp³-hybridized carbons (Fsp3) is 0.400. The molecule has 2 atom stereocenters. The van der Waals surface area contributed by atoms with E-state index in [-0.39, 0.29) is 41.2 Å². The molecular weight excluding hydrogens is 466 g/mol. The summed E-state index contributed by atoms with van der Waals surface area (Å²) in [5.41, 5.74) is 2.78. The third-order valence-corrected chi connectivity index (χ3v) is 8.05. The molecular formula is C30H33N3O4. The van der Waals surface area contributed by atoms with Crippen molar-refractivity contribution in [2.75, 3.05) is 17.3 Å². The normalized spacial score (nSPS) is 21.9. The fourth-order valence-corrected chi connectivity index (χ4v) is 5.87. The lowest BCUT2D eigenvalue weighted by Crippen LogP contribution is -2.38. The topological polar surface area (TPSA) is 86.8 Å². The Morgan fingerprint density at radius 2 is 1.59 bits per heavy atom. The van der Waals surface area contributed by atoms with Crippen molar-refractivity contribution in [1.82, 2.24) is 4.90 Å². The van der Waals surface area contributed by atoms with Crippen LogP contribution in [0.2, 0.25) is 0 Å². The smallest absolute Gasteiger partial charge is 0.257 e. The molecule has 1 aliphatic heterocycles. The molecule has 0 unspecified atom stereocenters. The minimum absolute atomic E-state index is 0.0210. The van der Waals surface area contributed by atoms with Crippen LogP contribution < -0.4 is 10.2 Å². The van der Waals surface area contributed by atoms with Crippen molar-refractivity contribution in [2.45, 2.75) is 57.9 Å². The van der Waals surface area contributed by atoms with Crippen LogP contribution in [0.5, 0.6) is 0 Å². The average Bonchev–Trinajstić information content (AvgIpc) is 3.17. The fourth-order valence-electron chi connectivity index (χ4n) is 5.87. The van der Waals surface area contributed by atoms with Gasteiger partial charge in [0, 0.05) is 24.3 Å². The van der Waals surface area contributed by atoms with Crippen LogP contribution in [0.25, 0.3) is 0 Å². The maximum atomic E-state index is 13.3. The number of nitrogens with zero attached hydrogens (tertiary/aromatic N) is 2. The molecule has 1 saturated heterocycles. The van der Waals surface area contributed by atoms with Gasteiger partial charge in [0.2, 0.25) is 11.8 Å². The first kappa shape index (κ1) is 24.9. The Labute approximate surface area is 217 Å². The minimum Gasteiger partial charge on any atom is -0.339 e. The van der Waals surface area contributed by atoms with Gasteiger partial charge >= 0.3 is 0 Å². The van der Waals surface area contributed by atoms with E-state index in [2.05, 4.69) is 5.32 Å². The van der Waals surface area contributed by atoms with E-state index in [1.807, 2.05) is 24.9 Å². The molecule has 2 aliphatic carbocycles. The molecule has 1 saturated carbocycles. The lowest BCUT2D eigenvalue weighted by Gasteiger charge is -2.31. The van der Waals surface area contributed by atoms with Gasteiger partial charge in [-0.05, 0) is 69.0 Å². The Hall–Kier alpha value is -3.74. The molecule has 3 aliphatic rings. The van der Waals surface area contributed by atoms with Crippen LogP contribution in [0.15, 0.2) is 60.2 Å². The SMILES string of the molecule is CC1=CC[C@H]2C(=O)N(c3ccccc3C(=O)Nc3ccc(C(=O)N(C)C4CCCCC4)cc3)C(=O)[C@@H]2C1. The number of rotatable bonds is 5. The van der Waals surface area contributed by atoms with Gasteiger partial charge in [0.05, 0.1) is 23.1 Å². The highest BCUT2D eigenvalue weighted by Crippen LogP contribution is 2.40. The number of hydrogen-bond donors (Lipinski definition) is 1. The Morgan fingerprint density at radius 1 is 0.919 bits per heavy atom. The van der Waals surface area contributed by atoms with E-state index in [1.54, 1.807) is 48.5 Å². The number of amides is 4. The Morgan fingerprint density at radius 3 is 2.32 bits per heavy atom. The quantitative estimate of drug-likeness (QED) is 0.453. The molecule has 2 fully saturated rings. The van der Waals surface area contributed by atoms with E-state index >= 15 is 0 Å². The summed E-state index contributed by atoms with van der Waals surface area (Å²) < 4.78 is 0. The first-order valence-electron chi connectivity index (χ1n) is 13.2. The number of allylic oxidation sites excluding steroid dienone is 2. The molecule has 1 N–H and O–H groups in total. The predicted molar refractivity (Wildman–Crippen MR) is 142 cm³/mol. The standard InChI is InChI=1S/C30H33N3O4/c1-19-12-17-23-25(18-19)30(37)33(29(23)36)26-11-7-6-10-24(26)27(34)31-21-15-13-20(14-16-21)28(35)32(2)22-8-4-3-5-9-22/h6-7,10-16,22-23,25H,3-5,8-9,17-18H2,1-2H3,(H,31,34)/t23-,25-/m1/s1. The van der Waals surface area contributed by atoms with Gasteiger partial charge in [0.25, 0.3) is 11.8 Å². The van der Waals surface area contributed by atoms with Gasteiger partial charge in [0.15, 0.2) is 0 Å². The average molecular weight is 500 g/mol. The van der Waals surface area contributed by atoms with Crippen molar-refractivity contribution < 1.29 is 19.2 Å². The van der Waals surface area contributed by atoms with Gasteiger partial charge in [-0.1, -0.05) is 43.0 Å². The number of anilines is 2. The maximum absolute atomic E-state index is 13.3. The highest BCUT2D eigenvalue weighted by molar-refractivity contribution is 6.25. The minimum atomic E-state index is -0.418. The summed E-state index contributed by atoms with van der Waals surface area (Å²) in [6.07, 6.45) is 8.76. The third-order valence-electron chi connectivity index (χ3n) is 8.05. The summed E-state index contributed by atoms with van der Waals surface area (Å²) >= 11 is 0. The summed E-state index contributed by atoms with van der Waals surface area (Å²) in [5, 5.41) is 2.86. The number of benzene rings is 2. The molecule has 7 nitrogen and oxygen atoms in total. The van der Waals surface area contributed by atoms with Crippen LogP contribution in [0.1, 0.15) is 72.6 Å². The van der Waals surface area contributed by atoms with Crippen molar-refractivity contribution in [1.29, 1.82) is 0 Å². The Kier molecular flexibility index (Phi) is 6.96. The van der Waals surface area contributed by atoms with Crippen LogP contribution in [-0.4, -0.2) is 41.6 Å². The monoisotopic (exact) mass is 499 g/mol. The van der Waals surface area contributed by atoms with Crippen molar-refractivity contribution in [3.63, 3.8) is 0 Å². The second-order valence-electron chi connectivity index (χ2n) is 10.5. The number of para-hydroxylation sites is 1. The molecule has 192 valence electrons. The van der Waals surface area contributed by atoms with Gasteiger partial charge in [-0.3, -0.25) is 19.2 Å². The van der Waals surface area contributed by atoms with E-state index in [0.29, 0.717) is 29.8 Å². The molecule has 0 bridgehead atoms. The highest BCUT2D eigenvalue weighted by Gasteiger charge is 2.49. The summed E-state index contributed by atoms with van der Waals surface area (Å²) in [6, 6.07) is 13.8. The Balaban J connectivity index is 1.30.